The fourth-order valence-electron chi connectivity index (χ4n) is 2.13. The number of aromatic nitrogens is 1. The van der Waals surface area contributed by atoms with Crippen LogP contribution >= 0.6 is 11.6 Å². The summed E-state index contributed by atoms with van der Waals surface area (Å²) in [6.07, 6.45) is 3.21. The van der Waals surface area contributed by atoms with E-state index in [1.807, 2.05) is 25.1 Å². The third kappa shape index (κ3) is 3.94. The van der Waals surface area contributed by atoms with Gasteiger partial charge in [-0.05, 0) is 48.9 Å². The van der Waals surface area contributed by atoms with Crippen LogP contribution in [0, 0.1) is 6.92 Å². The first kappa shape index (κ1) is 16.1. The molecule has 0 saturated heterocycles. The maximum atomic E-state index is 12.3. The molecule has 6 heteroatoms. The number of carbonyl (C=O) groups is 1. The number of anilines is 2. The van der Waals surface area contributed by atoms with Gasteiger partial charge in [0.1, 0.15) is 11.5 Å². The number of furan rings is 1. The lowest BCUT2D eigenvalue weighted by molar-refractivity contribution is 0.102. The van der Waals surface area contributed by atoms with E-state index in [1.165, 1.54) is 0 Å². The van der Waals surface area contributed by atoms with Crippen molar-refractivity contribution < 1.29 is 9.21 Å². The molecule has 0 saturated carbocycles. The first-order valence-corrected chi connectivity index (χ1v) is 7.79. The number of nitrogens with one attached hydrogen (secondary N) is 2. The van der Waals surface area contributed by atoms with Crippen LogP contribution in [0.15, 0.2) is 59.3 Å². The first-order chi connectivity index (χ1) is 11.6. The SMILES string of the molecule is Cc1ccc(NC(=O)c2cc(NCc3ccco3)ccn2)cc1Cl. The number of nitrogens with zero attached hydrogens (tertiary/aromatic N) is 1. The van der Waals surface area contributed by atoms with Crippen LogP contribution in [0.2, 0.25) is 5.02 Å². The predicted molar refractivity (Wildman–Crippen MR) is 94.4 cm³/mol. The lowest BCUT2D eigenvalue weighted by Crippen LogP contribution is -2.14. The highest BCUT2D eigenvalue weighted by molar-refractivity contribution is 6.31. The monoisotopic (exact) mass is 341 g/mol. The van der Waals surface area contributed by atoms with Gasteiger partial charge >= 0.3 is 0 Å². The summed E-state index contributed by atoms with van der Waals surface area (Å²) in [6, 6.07) is 12.6. The molecule has 0 unspecified atom stereocenters. The highest BCUT2D eigenvalue weighted by atomic mass is 35.5. The van der Waals surface area contributed by atoms with Crippen molar-refractivity contribution in [3.63, 3.8) is 0 Å². The average Bonchev–Trinajstić information content (AvgIpc) is 3.10. The molecule has 1 aromatic carbocycles. The Balaban J connectivity index is 1.68. The summed E-state index contributed by atoms with van der Waals surface area (Å²) < 4.78 is 5.26. The van der Waals surface area contributed by atoms with Crippen molar-refractivity contribution >= 4 is 28.9 Å². The zero-order valence-corrected chi connectivity index (χ0v) is 13.8. The summed E-state index contributed by atoms with van der Waals surface area (Å²) in [5.41, 5.74) is 2.69. The molecule has 0 atom stereocenters. The van der Waals surface area contributed by atoms with E-state index in [9.17, 15) is 4.79 Å². The maximum Gasteiger partial charge on any atom is 0.274 e. The van der Waals surface area contributed by atoms with Crippen LogP contribution in [0.5, 0.6) is 0 Å². The van der Waals surface area contributed by atoms with Crippen LogP contribution in [0.1, 0.15) is 21.8 Å². The third-order valence-corrected chi connectivity index (χ3v) is 3.88. The summed E-state index contributed by atoms with van der Waals surface area (Å²) >= 11 is 6.07. The molecule has 3 rings (SSSR count). The Morgan fingerprint density at radius 1 is 1.21 bits per heavy atom. The molecular formula is C18H16ClN3O2. The van der Waals surface area contributed by atoms with Crippen LogP contribution in [0.4, 0.5) is 11.4 Å². The second kappa shape index (κ2) is 7.19. The van der Waals surface area contributed by atoms with Gasteiger partial charge in [-0.1, -0.05) is 17.7 Å². The highest BCUT2D eigenvalue weighted by Gasteiger charge is 2.09. The van der Waals surface area contributed by atoms with Crippen molar-refractivity contribution in [1.82, 2.24) is 4.98 Å². The van der Waals surface area contributed by atoms with Crippen molar-refractivity contribution in [3.05, 3.63) is 77.0 Å². The van der Waals surface area contributed by atoms with Crippen LogP contribution in [-0.4, -0.2) is 10.9 Å². The Morgan fingerprint density at radius 2 is 2.08 bits per heavy atom. The van der Waals surface area contributed by atoms with Crippen LogP contribution in [0.25, 0.3) is 0 Å². The van der Waals surface area contributed by atoms with Crippen molar-refractivity contribution in [2.75, 3.05) is 10.6 Å². The number of aryl methyl sites for hydroxylation is 1. The minimum atomic E-state index is -0.295. The molecule has 0 fully saturated rings. The molecule has 0 aliphatic carbocycles. The number of benzene rings is 1. The minimum absolute atomic E-state index is 0.295. The molecule has 2 N–H and O–H groups in total. The molecule has 0 bridgehead atoms. The van der Waals surface area contributed by atoms with E-state index in [4.69, 9.17) is 16.0 Å². The number of hydrogen-bond donors (Lipinski definition) is 2. The Kier molecular flexibility index (Phi) is 4.82. The minimum Gasteiger partial charge on any atom is -0.467 e. The van der Waals surface area contributed by atoms with Gasteiger partial charge in [0, 0.05) is 22.6 Å². The van der Waals surface area contributed by atoms with Crippen molar-refractivity contribution in [1.29, 1.82) is 0 Å². The smallest absolute Gasteiger partial charge is 0.274 e. The molecule has 5 nitrogen and oxygen atoms in total. The molecule has 0 radical (unpaired) electrons. The van der Waals surface area contributed by atoms with E-state index < -0.39 is 0 Å². The van der Waals surface area contributed by atoms with Crippen LogP contribution in [-0.2, 0) is 6.54 Å². The third-order valence-electron chi connectivity index (χ3n) is 3.47. The number of rotatable bonds is 5. The fourth-order valence-corrected chi connectivity index (χ4v) is 2.31. The normalized spacial score (nSPS) is 10.4. The second-order valence-corrected chi connectivity index (χ2v) is 5.69. The summed E-state index contributed by atoms with van der Waals surface area (Å²) in [6.45, 7) is 2.44. The van der Waals surface area contributed by atoms with Gasteiger partial charge in [0.15, 0.2) is 0 Å². The molecule has 0 aliphatic heterocycles. The van der Waals surface area contributed by atoms with Gasteiger partial charge in [0.05, 0.1) is 12.8 Å². The Hall–Kier alpha value is -2.79. The lowest BCUT2D eigenvalue weighted by atomic mass is 10.2. The van der Waals surface area contributed by atoms with Crippen LogP contribution in [0.3, 0.4) is 0 Å². The van der Waals surface area contributed by atoms with Gasteiger partial charge in [-0.25, -0.2) is 0 Å². The van der Waals surface area contributed by atoms with Gasteiger partial charge in [0.25, 0.3) is 5.91 Å². The van der Waals surface area contributed by atoms with Crippen molar-refractivity contribution in [2.24, 2.45) is 0 Å². The number of amides is 1. The van der Waals surface area contributed by atoms with E-state index in [1.54, 1.807) is 36.7 Å². The van der Waals surface area contributed by atoms with E-state index in [0.29, 0.717) is 22.9 Å². The molecule has 0 aliphatic rings. The first-order valence-electron chi connectivity index (χ1n) is 7.41. The van der Waals surface area contributed by atoms with Gasteiger partial charge in [-0.2, -0.15) is 0 Å². The summed E-state index contributed by atoms with van der Waals surface area (Å²) in [7, 11) is 0. The van der Waals surface area contributed by atoms with Gasteiger partial charge < -0.3 is 15.1 Å². The van der Waals surface area contributed by atoms with E-state index in [2.05, 4.69) is 15.6 Å². The average molecular weight is 342 g/mol. The number of carbonyl (C=O) groups excluding carboxylic acids is 1. The lowest BCUT2D eigenvalue weighted by Gasteiger charge is -2.08. The Morgan fingerprint density at radius 3 is 2.83 bits per heavy atom. The second-order valence-electron chi connectivity index (χ2n) is 5.28. The zero-order valence-electron chi connectivity index (χ0n) is 13.0. The van der Waals surface area contributed by atoms with Gasteiger partial charge in [0.2, 0.25) is 0 Å². The van der Waals surface area contributed by atoms with Crippen molar-refractivity contribution in [3.8, 4) is 0 Å². The zero-order chi connectivity index (χ0) is 16.9. The molecule has 2 heterocycles. The molecule has 24 heavy (non-hydrogen) atoms. The van der Waals surface area contributed by atoms with Gasteiger partial charge in [-0.15, -0.1) is 0 Å². The molecule has 3 aromatic rings. The molecule has 122 valence electrons. The number of halogens is 1. The molecule has 0 spiro atoms. The topological polar surface area (TPSA) is 67.2 Å². The molecule has 2 aromatic heterocycles. The number of hydrogen-bond acceptors (Lipinski definition) is 4. The quantitative estimate of drug-likeness (QED) is 0.717. The fraction of sp³-hybridized carbons (Fsp3) is 0.111. The van der Waals surface area contributed by atoms with E-state index in [-0.39, 0.29) is 5.91 Å². The standard InChI is InChI=1S/C18H16ClN3O2/c1-12-4-5-14(9-16(12)19)22-18(23)17-10-13(6-7-20-17)21-11-15-3-2-8-24-15/h2-10H,11H2,1H3,(H,20,21)(H,22,23). The van der Waals surface area contributed by atoms with Crippen molar-refractivity contribution in [2.45, 2.75) is 13.5 Å². The maximum absolute atomic E-state index is 12.3. The summed E-state index contributed by atoms with van der Waals surface area (Å²) in [4.78, 5) is 16.4. The predicted octanol–water partition coefficient (Wildman–Crippen LogP) is 4.50. The molecular weight excluding hydrogens is 326 g/mol. The van der Waals surface area contributed by atoms with E-state index >= 15 is 0 Å². The largest absolute Gasteiger partial charge is 0.467 e. The van der Waals surface area contributed by atoms with Gasteiger partial charge in [-0.3, -0.25) is 9.78 Å². The number of pyridine rings is 1. The Labute approximate surface area is 144 Å². The highest BCUT2D eigenvalue weighted by Crippen LogP contribution is 2.20. The van der Waals surface area contributed by atoms with Crippen LogP contribution < -0.4 is 10.6 Å². The molecule has 1 amide bonds. The summed E-state index contributed by atoms with van der Waals surface area (Å²) in [5.74, 6) is 0.517. The Bertz CT molecular complexity index is 847. The van der Waals surface area contributed by atoms with E-state index in [0.717, 1.165) is 17.0 Å². The summed E-state index contributed by atoms with van der Waals surface area (Å²) in [5, 5.41) is 6.58.